The lowest BCUT2D eigenvalue weighted by Crippen LogP contribution is -2.52. The highest BCUT2D eigenvalue weighted by Gasteiger charge is 2.38. The Morgan fingerprint density at radius 1 is 1.28 bits per heavy atom. The Balaban J connectivity index is 2.36. The topological polar surface area (TPSA) is 78.9 Å². The standard InChI is InChI=1S/C17H19NO5S2/c1-9(2)14(16(19)20)18-15(24)13(25-17(18)21)8-10-5-6-11(22-3)12(7-10)23-4/h5-9,14H,1-4H3,(H,19,20)/p-1/b13-8-/t14-/m1/s1. The Morgan fingerprint density at radius 2 is 1.92 bits per heavy atom. The van der Waals surface area contributed by atoms with E-state index in [0.29, 0.717) is 16.4 Å². The fourth-order valence-corrected chi connectivity index (χ4v) is 3.80. The van der Waals surface area contributed by atoms with Gasteiger partial charge in [-0.05, 0) is 41.5 Å². The highest BCUT2D eigenvalue weighted by atomic mass is 32.2. The minimum Gasteiger partial charge on any atom is -0.548 e. The van der Waals surface area contributed by atoms with Crippen LogP contribution in [0.25, 0.3) is 6.08 Å². The molecule has 1 heterocycles. The molecule has 25 heavy (non-hydrogen) atoms. The van der Waals surface area contributed by atoms with E-state index in [-0.39, 0.29) is 10.9 Å². The molecule has 0 unspecified atom stereocenters. The maximum Gasteiger partial charge on any atom is 0.292 e. The van der Waals surface area contributed by atoms with Crippen LogP contribution in [0.15, 0.2) is 23.1 Å². The SMILES string of the molecule is COc1ccc(/C=C2\SC(=O)N([C@@H](C(=O)[O-])C(C)C)C2=S)cc1OC. The second-order valence-corrected chi connectivity index (χ2v) is 7.05. The fraction of sp³-hybridized carbons (Fsp3) is 0.353. The van der Waals surface area contributed by atoms with Crippen LogP contribution >= 0.6 is 24.0 Å². The Bertz CT molecular complexity index is 745. The van der Waals surface area contributed by atoms with Crippen molar-refractivity contribution in [3.05, 3.63) is 28.7 Å². The molecule has 134 valence electrons. The molecule has 0 aromatic heterocycles. The molecule has 1 aliphatic heterocycles. The number of carbonyl (C=O) groups excluding carboxylic acids is 2. The lowest BCUT2D eigenvalue weighted by molar-refractivity contribution is -0.311. The number of ether oxygens (including phenoxy) is 2. The van der Waals surface area contributed by atoms with Crippen LogP contribution in [0.1, 0.15) is 19.4 Å². The summed E-state index contributed by atoms with van der Waals surface area (Å²) in [4.78, 5) is 25.5. The van der Waals surface area contributed by atoms with Gasteiger partial charge < -0.3 is 19.4 Å². The zero-order valence-electron chi connectivity index (χ0n) is 14.3. The summed E-state index contributed by atoms with van der Waals surface area (Å²) in [6.07, 6.45) is 1.72. The number of thioether (sulfide) groups is 1. The van der Waals surface area contributed by atoms with Crippen LogP contribution in [0.3, 0.4) is 0 Å². The molecule has 1 atom stereocenters. The van der Waals surface area contributed by atoms with E-state index in [2.05, 4.69) is 0 Å². The summed E-state index contributed by atoms with van der Waals surface area (Å²) in [6.45, 7) is 3.41. The van der Waals surface area contributed by atoms with Crippen molar-refractivity contribution in [2.24, 2.45) is 5.92 Å². The summed E-state index contributed by atoms with van der Waals surface area (Å²) in [6, 6.07) is 4.19. The second kappa shape index (κ2) is 7.88. The number of hydrogen-bond donors (Lipinski definition) is 0. The highest BCUT2D eigenvalue weighted by molar-refractivity contribution is 8.19. The van der Waals surface area contributed by atoms with Crippen LogP contribution in [0.4, 0.5) is 4.79 Å². The largest absolute Gasteiger partial charge is 0.548 e. The maximum absolute atomic E-state index is 12.3. The number of methoxy groups -OCH3 is 2. The van der Waals surface area contributed by atoms with Crippen molar-refractivity contribution in [3.63, 3.8) is 0 Å². The van der Waals surface area contributed by atoms with E-state index in [4.69, 9.17) is 21.7 Å². The zero-order valence-corrected chi connectivity index (χ0v) is 15.9. The number of amides is 1. The minimum atomic E-state index is -1.32. The van der Waals surface area contributed by atoms with Crippen LogP contribution in [-0.2, 0) is 4.79 Å². The normalized spacial score (nSPS) is 17.3. The van der Waals surface area contributed by atoms with Gasteiger partial charge in [0.1, 0.15) is 4.99 Å². The number of carbonyl (C=O) groups is 2. The molecule has 1 fully saturated rings. The summed E-state index contributed by atoms with van der Waals surface area (Å²) in [5.41, 5.74) is 0.756. The highest BCUT2D eigenvalue weighted by Crippen LogP contribution is 2.37. The first-order valence-electron chi connectivity index (χ1n) is 7.50. The third-order valence-corrected chi connectivity index (χ3v) is 5.13. The molecule has 1 saturated heterocycles. The Morgan fingerprint density at radius 3 is 2.44 bits per heavy atom. The second-order valence-electron chi connectivity index (χ2n) is 5.67. The van der Waals surface area contributed by atoms with Gasteiger partial charge in [-0.1, -0.05) is 32.1 Å². The van der Waals surface area contributed by atoms with Crippen LogP contribution in [0.2, 0.25) is 0 Å². The van der Waals surface area contributed by atoms with Gasteiger partial charge in [0.05, 0.1) is 31.1 Å². The van der Waals surface area contributed by atoms with Gasteiger partial charge in [0.15, 0.2) is 11.5 Å². The van der Waals surface area contributed by atoms with Crippen LogP contribution < -0.4 is 14.6 Å². The van der Waals surface area contributed by atoms with Gasteiger partial charge in [0, 0.05) is 0 Å². The Kier molecular flexibility index (Phi) is 6.07. The number of carboxylic acids is 1. The summed E-state index contributed by atoms with van der Waals surface area (Å²) in [5.74, 6) is -0.517. The number of aliphatic carboxylic acids is 1. The molecule has 1 amide bonds. The third kappa shape index (κ3) is 3.96. The number of hydrogen-bond acceptors (Lipinski definition) is 7. The molecule has 8 heteroatoms. The Labute approximate surface area is 155 Å². The summed E-state index contributed by atoms with van der Waals surface area (Å²) >= 11 is 6.24. The smallest absolute Gasteiger partial charge is 0.292 e. The van der Waals surface area contributed by atoms with E-state index in [1.165, 1.54) is 7.11 Å². The van der Waals surface area contributed by atoms with Gasteiger partial charge in [-0.15, -0.1) is 0 Å². The molecule has 0 bridgehead atoms. The predicted octanol–water partition coefficient (Wildman–Crippen LogP) is 2.32. The average Bonchev–Trinajstić information content (AvgIpc) is 2.82. The van der Waals surface area contributed by atoms with E-state index < -0.39 is 17.3 Å². The van der Waals surface area contributed by atoms with E-state index in [0.717, 1.165) is 22.2 Å². The number of rotatable bonds is 6. The van der Waals surface area contributed by atoms with E-state index >= 15 is 0 Å². The lowest BCUT2D eigenvalue weighted by atomic mass is 10.0. The van der Waals surface area contributed by atoms with Gasteiger partial charge in [0.2, 0.25) is 0 Å². The molecule has 0 spiro atoms. The molecule has 0 aliphatic carbocycles. The first kappa shape index (κ1) is 19.3. The number of carboxylic acid groups (broad SMARTS) is 1. The molecule has 0 saturated carbocycles. The van der Waals surface area contributed by atoms with Crippen molar-refractivity contribution >= 4 is 46.3 Å². The third-order valence-electron chi connectivity index (χ3n) is 3.68. The summed E-state index contributed by atoms with van der Waals surface area (Å²) < 4.78 is 10.4. The molecule has 0 N–H and O–H groups in total. The zero-order chi connectivity index (χ0) is 18.7. The van der Waals surface area contributed by atoms with Crippen LogP contribution in [0, 0.1) is 5.92 Å². The lowest BCUT2D eigenvalue weighted by Gasteiger charge is -2.30. The number of thiocarbonyl (C=S) groups is 1. The summed E-state index contributed by atoms with van der Waals surface area (Å²) in [7, 11) is 3.07. The minimum absolute atomic E-state index is 0.188. The fourth-order valence-electron chi connectivity index (χ4n) is 2.49. The van der Waals surface area contributed by atoms with Gasteiger partial charge in [-0.3, -0.25) is 9.69 Å². The molecule has 1 aliphatic rings. The molecule has 0 radical (unpaired) electrons. The molecule has 6 nitrogen and oxygen atoms in total. The molecular formula is C17H18NO5S2-. The molecular weight excluding hydrogens is 362 g/mol. The number of benzene rings is 1. The van der Waals surface area contributed by atoms with Crippen LogP contribution in [-0.4, -0.2) is 41.4 Å². The van der Waals surface area contributed by atoms with E-state index in [9.17, 15) is 14.7 Å². The van der Waals surface area contributed by atoms with Crippen LogP contribution in [0.5, 0.6) is 11.5 Å². The average molecular weight is 380 g/mol. The van der Waals surface area contributed by atoms with Crippen molar-refractivity contribution in [1.82, 2.24) is 4.90 Å². The summed E-state index contributed by atoms with van der Waals surface area (Å²) in [5, 5.41) is 11.0. The molecule has 1 aromatic rings. The van der Waals surface area contributed by atoms with E-state index in [1.54, 1.807) is 45.2 Å². The first-order chi connectivity index (χ1) is 11.8. The van der Waals surface area contributed by atoms with Crippen molar-refractivity contribution < 1.29 is 24.2 Å². The van der Waals surface area contributed by atoms with Gasteiger partial charge >= 0.3 is 0 Å². The van der Waals surface area contributed by atoms with Gasteiger partial charge in [-0.25, -0.2) is 0 Å². The van der Waals surface area contributed by atoms with Gasteiger partial charge in [0.25, 0.3) is 5.24 Å². The van der Waals surface area contributed by atoms with Crippen molar-refractivity contribution in [2.75, 3.05) is 14.2 Å². The maximum atomic E-state index is 12.3. The molecule has 2 rings (SSSR count). The Hall–Kier alpha value is -2.06. The van der Waals surface area contributed by atoms with Crippen molar-refractivity contribution in [1.29, 1.82) is 0 Å². The number of nitrogens with zero attached hydrogens (tertiary/aromatic N) is 1. The first-order valence-corrected chi connectivity index (χ1v) is 8.72. The van der Waals surface area contributed by atoms with Gasteiger partial charge in [-0.2, -0.15) is 0 Å². The quantitative estimate of drug-likeness (QED) is 0.553. The van der Waals surface area contributed by atoms with E-state index in [1.807, 2.05) is 0 Å². The molecule has 1 aromatic carbocycles. The van der Waals surface area contributed by atoms with Crippen molar-refractivity contribution in [3.8, 4) is 11.5 Å². The van der Waals surface area contributed by atoms with Crippen molar-refractivity contribution in [2.45, 2.75) is 19.9 Å². The predicted molar refractivity (Wildman–Crippen MR) is 98.6 cm³/mol. The monoisotopic (exact) mass is 380 g/mol.